The van der Waals surface area contributed by atoms with E-state index in [0.29, 0.717) is 17.9 Å². The van der Waals surface area contributed by atoms with Crippen molar-refractivity contribution in [2.75, 3.05) is 13.1 Å². The van der Waals surface area contributed by atoms with Crippen molar-refractivity contribution >= 4 is 5.97 Å². The van der Waals surface area contributed by atoms with Crippen LogP contribution in [0, 0.1) is 17.2 Å². The smallest absolute Gasteiger partial charge is 0.338 e. The predicted molar refractivity (Wildman–Crippen MR) is 76.2 cm³/mol. The lowest BCUT2D eigenvalue weighted by Crippen LogP contribution is -2.25. The molecule has 110 valence electrons. The topological polar surface area (TPSA) is 40.5 Å². The first-order valence-corrected chi connectivity index (χ1v) is 7.01. The lowest BCUT2D eigenvalue weighted by atomic mass is 9.80. The highest BCUT2D eigenvalue weighted by atomic mass is 19.1. The molecular weight excluding hydrogens is 257 g/mol. The van der Waals surface area contributed by atoms with E-state index in [-0.39, 0.29) is 5.56 Å². The summed E-state index contributed by atoms with van der Waals surface area (Å²) in [5, 5.41) is 8.81. The fourth-order valence-electron chi connectivity index (χ4n) is 2.77. The number of halogens is 1. The number of hydrogen-bond acceptors (Lipinski definition) is 2. The Bertz CT molecular complexity index is 508. The quantitative estimate of drug-likeness (QED) is 0.922. The summed E-state index contributed by atoms with van der Waals surface area (Å²) in [5.74, 6) is -1.21. The standard InChI is InChI=1S/C16H22FNO2/c1-16(2,3)12-6-7-18(10-12)9-11-4-5-13(15(19)20)14(17)8-11/h4-5,8,12H,6-7,9-10H2,1-3H3,(H,19,20). The van der Waals surface area contributed by atoms with Crippen molar-refractivity contribution in [3.05, 3.63) is 35.1 Å². The molecule has 2 rings (SSSR count). The molecule has 0 aliphatic carbocycles. The zero-order valence-electron chi connectivity index (χ0n) is 12.3. The van der Waals surface area contributed by atoms with Gasteiger partial charge in [0.2, 0.25) is 0 Å². The lowest BCUT2D eigenvalue weighted by Gasteiger charge is -2.27. The van der Waals surface area contributed by atoms with Crippen LogP contribution in [0.1, 0.15) is 43.1 Å². The summed E-state index contributed by atoms with van der Waals surface area (Å²) in [4.78, 5) is 13.1. The lowest BCUT2D eigenvalue weighted by molar-refractivity contribution is 0.0692. The monoisotopic (exact) mass is 279 g/mol. The van der Waals surface area contributed by atoms with Gasteiger partial charge in [0.25, 0.3) is 0 Å². The number of carboxylic acids is 1. The first-order chi connectivity index (χ1) is 9.27. The predicted octanol–water partition coefficient (Wildman–Crippen LogP) is 3.39. The van der Waals surface area contributed by atoms with Gasteiger partial charge in [0.1, 0.15) is 5.82 Å². The molecular formula is C16H22FNO2. The highest BCUT2D eigenvalue weighted by Crippen LogP contribution is 2.34. The molecule has 1 heterocycles. The first kappa shape index (κ1) is 15.0. The highest BCUT2D eigenvalue weighted by Gasteiger charge is 2.31. The fraction of sp³-hybridized carbons (Fsp3) is 0.562. The average molecular weight is 279 g/mol. The number of benzene rings is 1. The fourth-order valence-corrected chi connectivity index (χ4v) is 2.77. The molecule has 0 spiro atoms. The molecule has 1 aliphatic heterocycles. The van der Waals surface area contributed by atoms with Gasteiger partial charge in [0.15, 0.2) is 0 Å². The number of carbonyl (C=O) groups is 1. The zero-order valence-corrected chi connectivity index (χ0v) is 12.3. The van der Waals surface area contributed by atoms with Crippen LogP contribution in [0.4, 0.5) is 4.39 Å². The third-order valence-electron chi connectivity index (χ3n) is 4.17. The molecule has 1 aromatic carbocycles. The molecule has 0 saturated carbocycles. The average Bonchev–Trinajstić information content (AvgIpc) is 2.76. The van der Waals surface area contributed by atoms with E-state index >= 15 is 0 Å². The van der Waals surface area contributed by atoms with Crippen LogP contribution in [0.5, 0.6) is 0 Å². The van der Waals surface area contributed by atoms with Crippen molar-refractivity contribution in [1.82, 2.24) is 4.90 Å². The van der Waals surface area contributed by atoms with Gasteiger partial charge in [0, 0.05) is 13.1 Å². The molecule has 1 aromatic rings. The second kappa shape index (κ2) is 5.52. The molecule has 0 bridgehead atoms. The zero-order chi connectivity index (χ0) is 14.9. The van der Waals surface area contributed by atoms with Crippen LogP contribution < -0.4 is 0 Å². The van der Waals surface area contributed by atoms with E-state index in [0.717, 1.165) is 18.7 Å². The van der Waals surface area contributed by atoms with Gasteiger partial charge in [-0.2, -0.15) is 0 Å². The molecule has 0 radical (unpaired) electrons. The van der Waals surface area contributed by atoms with Crippen LogP contribution in [0.2, 0.25) is 0 Å². The van der Waals surface area contributed by atoms with E-state index in [2.05, 4.69) is 25.7 Å². The van der Waals surface area contributed by atoms with Gasteiger partial charge in [0.05, 0.1) is 5.56 Å². The summed E-state index contributed by atoms with van der Waals surface area (Å²) >= 11 is 0. The van der Waals surface area contributed by atoms with Crippen molar-refractivity contribution in [3.63, 3.8) is 0 Å². The van der Waals surface area contributed by atoms with Crippen LogP contribution >= 0.6 is 0 Å². The van der Waals surface area contributed by atoms with E-state index in [1.54, 1.807) is 6.07 Å². The summed E-state index contributed by atoms with van der Waals surface area (Å²) in [6.45, 7) is 9.48. The first-order valence-electron chi connectivity index (χ1n) is 7.01. The van der Waals surface area contributed by atoms with E-state index < -0.39 is 11.8 Å². The molecule has 0 amide bonds. The van der Waals surface area contributed by atoms with Crippen molar-refractivity contribution < 1.29 is 14.3 Å². The maximum atomic E-state index is 13.6. The summed E-state index contributed by atoms with van der Waals surface area (Å²) in [6, 6.07) is 4.40. The van der Waals surface area contributed by atoms with Gasteiger partial charge >= 0.3 is 5.97 Å². The van der Waals surface area contributed by atoms with E-state index in [1.165, 1.54) is 18.6 Å². The summed E-state index contributed by atoms with van der Waals surface area (Å²) < 4.78 is 13.6. The van der Waals surface area contributed by atoms with Crippen molar-refractivity contribution in [2.45, 2.75) is 33.7 Å². The molecule has 1 unspecified atom stereocenters. The SMILES string of the molecule is CC(C)(C)C1CCN(Cc2ccc(C(=O)O)c(F)c2)C1. The summed E-state index contributed by atoms with van der Waals surface area (Å²) in [5.41, 5.74) is 0.873. The van der Waals surface area contributed by atoms with Crippen LogP contribution in [0.25, 0.3) is 0 Å². The molecule has 3 nitrogen and oxygen atoms in total. The van der Waals surface area contributed by atoms with Crippen LogP contribution in [0.3, 0.4) is 0 Å². The van der Waals surface area contributed by atoms with E-state index in [1.807, 2.05) is 0 Å². The Hall–Kier alpha value is -1.42. The van der Waals surface area contributed by atoms with Gasteiger partial charge in [-0.05, 0) is 42.0 Å². The number of carboxylic acid groups (broad SMARTS) is 1. The Morgan fingerprint density at radius 2 is 2.15 bits per heavy atom. The normalized spacial score (nSPS) is 20.3. The van der Waals surface area contributed by atoms with E-state index in [4.69, 9.17) is 5.11 Å². The maximum absolute atomic E-state index is 13.6. The van der Waals surface area contributed by atoms with Gasteiger partial charge in [-0.25, -0.2) is 9.18 Å². The number of hydrogen-bond donors (Lipinski definition) is 1. The van der Waals surface area contributed by atoms with Crippen molar-refractivity contribution in [3.8, 4) is 0 Å². The third kappa shape index (κ3) is 3.37. The van der Waals surface area contributed by atoms with Crippen LogP contribution in [-0.2, 0) is 6.54 Å². The third-order valence-corrected chi connectivity index (χ3v) is 4.17. The minimum Gasteiger partial charge on any atom is -0.478 e. The van der Waals surface area contributed by atoms with Crippen LogP contribution in [0.15, 0.2) is 18.2 Å². The minimum absolute atomic E-state index is 0.261. The minimum atomic E-state index is -1.22. The second-order valence-corrected chi connectivity index (χ2v) is 6.71. The second-order valence-electron chi connectivity index (χ2n) is 6.71. The Morgan fingerprint density at radius 1 is 1.45 bits per heavy atom. The Morgan fingerprint density at radius 3 is 2.65 bits per heavy atom. The Labute approximate surface area is 119 Å². The van der Waals surface area contributed by atoms with Crippen molar-refractivity contribution in [1.29, 1.82) is 0 Å². The largest absolute Gasteiger partial charge is 0.478 e. The number of likely N-dealkylation sites (tertiary alicyclic amines) is 1. The Kier molecular flexibility index (Phi) is 4.14. The number of rotatable bonds is 3. The maximum Gasteiger partial charge on any atom is 0.338 e. The summed E-state index contributed by atoms with van der Waals surface area (Å²) in [6.07, 6.45) is 1.17. The molecule has 4 heteroatoms. The summed E-state index contributed by atoms with van der Waals surface area (Å²) in [7, 11) is 0. The molecule has 1 atom stereocenters. The van der Waals surface area contributed by atoms with Crippen molar-refractivity contribution in [2.24, 2.45) is 11.3 Å². The molecule has 1 aliphatic rings. The highest BCUT2D eigenvalue weighted by molar-refractivity contribution is 5.87. The van der Waals surface area contributed by atoms with Gasteiger partial charge in [-0.3, -0.25) is 4.90 Å². The van der Waals surface area contributed by atoms with Gasteiger partial charge in [-0.1, -0.05) is 26.8 Å². The molecule has 20 heavy (non-hydrogen) atoms. The van der Waals surface area contributed by atoms with E-state index in [9.17, 15) is 9.18 Å². The van der Waals surface area contributed by atoms with Gasteiger partial charge < -0.3 is 5.11 Å². The number of nitrogens with zero attached hydrogens (tertiary/aromatic N) is 1. The van der Waals surface area contributed by atoms with Crippen LogP contribution in [-0.4, -0.2) is 29.1 Å². The molecule has 1 fully saturated rings. The molecule has 0 aromatic heterocycles. The molecule has 1 saturated heterocycles. The molecule has 1 N–H and O–H groups in total. The number of aromatic carboxylic acids is 1. The van der Waals surface area contributed by atoms with Gasteiger partial charge in [-0.15, -0.1) is 0 Å². The Balaban J connectivity index is 2.02.